The number of rotatable bonds is 5. The van der Waals surface area contributed by atoms with Crippen LogP contribution in [0.5, 0.6) is 0 Å². The largest absolute Gasteiger partial charge is 0.381 e. The first-order chi connectivity index (χ1) is 12.5. The third kappa shape index (κ3) is 3.74. The van der Waals surface area contributed by atoms with Gasteiger partial charge in [-0.2, -0.15) is 0 Å². The fraction of sp³-hybridized carbons (Fsp3) is 0.350. The summed E-state index contributed by atoms with van der Waals surface area (Å²) in [5, 5.41) is 4.08. The average molecular weight is 355 g/mol. The Morgan fingerprint density at radius 2 is 2.00 bits per heavy atom. The number of oxime groups is 1. The zero-order valence-corrected chi connectivity index (χ0v) is 15.1. The van der Waals surface area contributed by atoms with Gasteiger partial charge in [0.2, 0.25) is 6.10 Å². The molecule has 0 unspecified atom stereocenters. The monoisotopic (exact) mass is 355 g/mol. The first-order valence-electron chi connectivity index (χ1n) is 8.63. The highest BCUT2D eigenvalue weighted by atomic mass is 19.1. The molecule has 0 N–H and O–H groups in total. The van der Waals surface area contributed by atoms with Gasteiger partial charge in [0.15, 0.2) is 0 Å². The molecule has 2 aromatic rings. The molecule has 136 valence electrons. The maximum absolute atomic E-state index is 13.1. The van der Waals surface area contributed by atoms with Crippen molar-refractivity contribution in [3.8, 4) is 0 Å². The molecular weight excluding hydrogens is 333 g/mol. The van der Waals surface area contributed by atoms with Crippen LogP contribution in [-0.2, 0) is 16.1 Å². The SMILES string of the molecule is C[C@@H]1C(c2ccc(F)cc2)=NO[C@H]1C(=O)N(C)[C@@H](C)Cc1ccccn1. The molecule has 0 fully saturated rings. The fourth-order valence-corrected chi connectivity index (χ4v) is 3.00. The van der Waals surface area contributed by atoms with E-state index in [1.165, 1.54) is 12.1 Å². The van der Waals surface area contributed by atoms with Crippen molar-refractivity contribution in [1.82, 2.24) is 9.88 Å². The molecule has 0 saturated carbocycles. The summed E-state index contributed by atoms with van der Waals surface area (Å²) in [5.41, 5.74) is 2.36. The highest BCUT2D eigenvalue weighted by molar-refractivity contribution is 6.05. The maximum atomic E-state index is 13.1. The number of likely N-dealkylation sites (N-methyl/N-ethyl adjacent to an activating group) is 1. The molecule has 0 bridgehead atoms. The summed E-state index contributed by atoms with van der Waals surface area (Å²) in [6, 6.07) is 11.8. The number of carbonyl (C=O) groups excluding carboxylic acids is 1. The number of hydrogen-bond donors (Lipinski definition) is 0. The van der Waals surface area contributed by atoms with E-state index in [0.29, 0.717) is 12.1 Å². The van der Waals surface area contributed by atoms with Crippen LogP contribution in [0.15, 0.2) is 53.8 Å². The van der Waals surface area contributed by atoms with Gasteiger partial charge in [-0.15, -0.1) is 0 Å². The summed E-state index contributed by atoms with van der Waals surface area (Å²) in [6.45, 7) is 3.88. The number of halogens is 1. The van der Waals surface area contributed by atoms with E-state index in [4.69, 9.17) is 4.84 Å². The van der Waals surface area contributed by atoms with Crippen LogP contribution in [-0.4, -0.2) is 40.7 Å². The van der Waals surface area contributed by atoms with E-state index < -0.39 is 6.10 Å². The molecule has 0 radical (unpaired) electrons. The Hall–Kier alpha value is -2.76. The molecule has 1 amide bonds. The van der Waals surface area contributed by atoms with Crippen LogP contribution in [0, 0.1) is 11.7 Å². The quantitative estimate of drug-likeness (QED) is 0.828. The van der Waals surface area contributed by atoms with Gasteiger partial charge >= 0.3 is 0 Å². The molecule has 5 nitrogen and oxygen atoms in total. The van der Waals surface area contributed by atoms with Crippen LogP contribution >= 0.6 is 0 Å². The second kappa shape index (κ2) is 7.64. The topological polar surface area (TPSA) is 54.8 Å². The summed E-state index contributed by atoms with van der Waals surface area (Å²) < 4.78 is 13.1. The smallest absolute Gasteiger partial charge is 0.267 e. The lowest BCUT2D eigenvalue weighted by Gasteiger charge is -2.27. The van der Waals surface area contributed by atoms with E-state index in [9.17, 15) is 9.18 Å². The van der Waals surface area contributed by atoms with Crippen LogP contribution < -0.4 is 0 Å². The van der Waals surface area contributed by atoms with Gasteiger partial charge in [-0.1, -0.05) is 30.3 Å². The van der Waals surface area contributed by atoms with Gasteiger partial charge in [-0.3, -0.25) is 9.78 Å². The number of amides is 1. The molecule has 1 aromatic heterocycles. The van der Waals surface area contributed by atoms with Gasteiger partial charge in [0.25, 0.3) is 5.91 Å². The molecule has 0 aliphatic carbocycles. The Morgan fingerprint density at radius 1 is 1.27 bits per heavy atom. The van der Waals surface area contributed by atoms with E-state index in [2.05, 4.69) is 10.1 Å². The second-order valence-corrected chi connectivity index (χ2v) is 6.62. The minimum absolute atomic E-state index is 0.0249. The van der Waals surface area contributed by atoms with Crippen molar-refractivity contribution in [2.45, 2.75) is 32.4 Å². The van der Waals surface area contributed by atoms with E-state index in [1.54, 1.807) is 30.3 Å². The minimum atomic E-state index is -0.675. The molecule has 0 saturated heterocycles. The summed E-state index contributed by atoms with van der Waals surface area (Å²) in [4.78, 5) is 24.3. The average Bonchev–Trinajstić information content (AvgIpc) is 3.03. The Balaban J connectivity index is 1.65. The number of nitrogens with zero attached hydrogens (tertiary/aromatic N) is 3. The van der Waals surface area contributed by atoms with Crippen LogP contribution in [0.4, 0.5) is 4.39 Å². The number of pyridine rings is 1. The molecule has 3 rings (SSSR count). The molecule has 6 heteroatoms. The molecule has 26 heavy (non-hydrogen) atoms. The van der Waals surface area contributed by atoms with E-state index >= 15 is 0 Å². The first kappa shape index (κ1) is 18.0. The van der Waals surface area contributed by atoms with Crippen molar-refractivity contribution in [2.75, 3.05) is 7.05 Å². The molecule has 0 spiro atoms. The van der Waals surface area contributed by atoms with Crippen LogP contribution in [0.25, 0.3) is 0 Å². The number of hydrogen-bond acceptors (Lipinski definition) is 4. The maximum Gasteiger partial charge on any atom is 0.267 e. The van der Waals surface area contributed by atoms with Crippen molar-refractivity contribution in [3.05, 3.63) is 65.7 Å². The van der Waals surface area contributed by atoms with Gasteiger partial charge in [0, 0.05) is 31.4 Å². The lowest BCUT2D eigenvalue weighted by atomic mass is 9.93. The normalized spacial score (nSPS) is 20.2. The van der Waals surface area contributed by atoms with Gasteiger partial charge in [0.05, 0.1) is 11.6 Å². The Kier molecular flexibility index (Phi) is 5.30. The zero-order valence-electron chi connectivity index (χ0n) is 15.1. The third-order valence-electron chi connectivity index (χ3n) is 4.77. The van der Waals surface area contributed by atoms with Gasteiger partial charge in [-0.25, -0.2) is 4.39 Å². The predicted octanol–water partition coefficient (Wildman–Crippen LogP) is 3.05. The Bertz CT molecular complexity index is 792. The number of aromatic nitrogens is 1. The van der Waals surface area contributed by atoms with Gasteiger partial charge in [0.1, 0.15) is 5.82 Å². The van der Waals surface area contributed by atoms with Crippen molar-refractivity contribution in [3.63, 3.8) is 0 Å². The minimum Gasteiger partial charge on any atom is -0.381 e. The van der Waals surface area contributed by atoms with Crippen LogP contribution in [0.2, 0.25) is 0 Å². The standard InChI is InChI=1S/C20H22FN3O2/c1-13(12-17-6-4-5-11-22-17)24(3)20(25)19-14(2)18(23-26-19)15-7-9-16(21)10-8-15/h4-11,13-14,19H,12H2,1-3H3/t13-,14+,19+/m0/s1. The summed E-state index contributed by atoms with van der Waals surface area (Å²) in [5.74, 6) is -0.643. The summed E-state index contributed by atoms with van der Waals surface area (Å²) in [6.07, 6.45) is 1.73. The van der Waals surface area contributed by atoms with E-state index in [-0.39, 0.29) is 23.7 Å². The third-order valence-corrected chi connectivity index (χ3v) is 4.77. The summed E-state index contributed by atoms with van der Waals surface area (Å²) in [7, 11) is 1.77. The van der Waals surface area contributed by atoms with Crippen LogP contribution in [0.1, 0.15) is 25.1 Å². The number of benzene rings is 1. The Labute approximate surface area is 152 Å². The molecule has 1 aliphatic heterocycles. The van der Waals surface area contributed by atoms with Crippen molar-refractivity contribution in [2.24, 2.45) is 11.1 Å². The van der Waals surface area contributed by atoms with Crippen molar-refractivity contribution in [1.29, 1.82) is 0 Å². The van der Waals surface area contributed by atoms with Gasteiger partial charge in [-0.05, 0) is 36.8 Å². The lowest BCUT2D eigenvalue weighted by molar-refractivity contribution is -0.144. The molecule has 2 heterocycles. The van der Waals surface area contributed by atoms with Gasteiger partial charge < -0.3 is 9.74 Å². The zero-order chi connectivity index (χ0) is 18.7. The molecule has 3 atom stereocenters. The van der Waals surface area contributed by atoms with Crippen LogP contribution in [0.3, 0.4) is 0 Å². The lowest BCUT2D eigenvalue weighted by Crippen LogP contribution is -2.45. The first-order valence-corrected chi connectivity index (χ1v) is 8.63. The second-order valence-electron chi connectivity index (χ2n) is 6.62. The summed E-state index contributed by atoms with van der Waals surface area (Å²) >= 11 is 0. The van der Waals surface area contributed by atoms with Crippen molar-refractivity contribution < 1.29 is 14.0 Å². The Morgan fingerprint density at radius 3 is 2.65 bits per heavy atom. The highest BCUT2D eigenvalue weighted by Gasteiger charge is 2.39. The van der Waals surface area contributed by atoms with E-state index in [0.717, 1.165) is 11.3 Å². The molecule has 1 aromatic carbocycles. The van der Waals surface area contributed by atoms with E-state index in [1.807, 2.05) is 32.0 Å². The van der Waals surface area contributed by atoms with Crippen molar-refractivity contribution >= 4 is 11.6 Å². The number of carbonyl (C=O) groups is 1. The predicted molar refractivity (Wildman–Crippen MR) is 97.1 cm³/mol. The molecular formula is C20H22FN3O2. The fourth-order valence-electron chi connectivity index (χ4n) is 3.00. The molecule has 1 aliphatic rings. The highest BCUT2D eigenvalue weighted by Crippen LogP contribution is 2.25.